The zero-order chi connectivity index (χ0) is 12.0. The number of benzene rings is 1. The first-order valence-corrected chi connectivity index (χ1v) is 5.01. The minimum Gasteiger partial charge on any atom is -0.494 e. The fourth-order valence-corrected chi connectivity index (χ4v) is 1.18. The first kappa shape index (κ1) is 12.5. The third-order valence-electron chi connectivity index (χ3n) is 2.14. The lowest BCUT2D eigenvalue weighted by Gasteiger charge is -2.09. The van der Waals surface area contributed by atoms with Gasteiger partial charge in [0.25, 0.3) is 0 Å². The molecule has 0 aliphatic carbocycles. The van der Waals surface area contributed by atoms with Crippen molar-refractivity contribution >= 4 is 5.91 Å². The Bertz CT molecular complexity index is 355. The predicted octanol–water partition coefficient (Wildman–Crippen LogP) is -0.240. The Labute approximate surface area is 94.0 Å². The van der Waals surface area contributed by atoms with Gasteiger partial charge in [-0.25, -0.2) is 0 Å². The van der Waals surface area contributed by atoms with Gasteiger partial charge in [-0.3, -0.25) is 4.79 Å². The molecule has 0 bridgehead atoms. The maximum atomic E-state index is 10.7. The van der Waals surface area contributed by atoms with Crippen LogP contribution >= 0.6 is 0 Å². The summed E-state index contributed by atoms with van der Waals surface area (Å²) in [5, 5.41) is 8.91. The van der Waals surface area contributed by atoms with E-state index < -0.39 is 11.9 Å². The molecule has 0 saturated carbocycles. The van der Waals surface area contributed by atoms with E-state index in [1.807, 2.05) is 0 Å². The van der Waals surface area contributed by atoms with Crippen LogP contribution in [0.5, 0.6) is 5.75 Å². The molecule has 1 aromatic rings. The van der Waals surface area contributed by atoms with E-state index in [-0.39, 0.29) is 6.61 Å². The summed E-state index contributed by atoms with van der Waals surface area (Å²) in [6.45, 7) is 0.289. The highest BCUT2D eigenvalue weighted by atomic mass is 16.5. The highest BCUT2D eigenvalue weighted by Crippen LogP contribution is 2.13. The second-order valence-corrected chi connectivity index (χ2v) is 3.45. The molecule has 0 aliphatic heterocycles. The highest BCUT2D eigenvalue weighted by molar-refractivity contribution is 5.79. The number of carbonyl (C=O) groups excluding carboxylic acids is 1. The quantitative estimate of drug-likeness (QED) is 0.621. The van der Waals surface area contributed by atoms with Crippen LogP contribution in [0.15, 0.2) is 24.3 Å². The number of primary amides is 1. The van der Waals surface area contributed by atoms with Gasteiger partial charge in [0.1, 0.15) is 5.75 Å². The molecule has 0 aliphatic rings. The first-order valence-electron chi connectivity index (χ1n) is 5.01. The Morgan fingerprint density at radius 2 is 2.25 bits per heavy atom. The van der Waals surface area contributed by atoms with Crippen LogP contribution in [0, 0.1) is 0 Å². The zero-order valence-electron chi connectivity index (χ0n) is 8.93. The molecule has 1 atom stereocenters. The topological polar surface area (TPSA) is 98.6 Å². The summed E-state index contributed by atoms with van der Waals surface area (Å²) in [7, 11) is 0. The summed E-state index contributed by atoms with van der Waals surface area (Å²) < 4.78 is 5.37. The van der Waals surface area contributed by atoms with Crippen LogP contribution in [-0.2, 0) is 11.4 Å². The molecule has 0 saturated heterocycles. The van der Waals surface area contributed by atoms with Crippen LogP contribution in [0.2, 0.25) is 0 Å². The molecule has 0 fully saturated rings. The van der Waals surface area contributed by atoms with E-state index in [0.717, 1.165) is 5.56 Å². The molecule has 0 heterocycles. The van der Waals surface area contributed by atoms with Gasteiger partial charge in [-0.05, 0) is 17.7 Å². The molecule has 5 nitrogen and oxygen atoms in total. The predicted molar refractivity (Wildman–Crippen MR) is 59.6 cm³/mol. The van der Waals surface area contributed by atoms with E-state index >= 15 is 0 Å². The second-order valence-electron chi connectivity index (χ2n) is 3.45. The van der Waals surface area contributed by atoms with Gasteiger partial charge >= 0.3 is 0 Å². The standard InChI is InChI=1S/C11H16N2O3/c12-10(11(13)15)4-5-16-9-3-1-2-8(6-9)7-14/h1-3,6,10,14H,4-5,7,12H2,(H2,13,15). The Morgan fingerprint density at radius 3 is 2.88 bits per heavy atom. The molecule has 1 amide bonds. The van der Waals surface area contributed by atoms with E-state index in [1.54, 1.807) is 24.3 Å². The van der Waals surface area contributed by atoms with Crippen LogP contribution in [0.1, 0.15) is 12.0 Å². The third kappa shape index (κ3) is 3.88. The summed E-state index contributed by atoms with van der Waals surface area (Å²) in [5.74, 6) is 0.107. The second kappa shape index (κ2) is 6.09. The van der Waals surface area contributed by atoms with E-state index in [2.05, 4.69) is 0 Å². The summed E-state index contributed by atoms with van der Waals surface area (Å²) in [4.78, 5) is 10.7. The number of aliphatic hydroxyl groups is 1. The summed E-state index contributed by atoms with van der Waals surface area (Å²) in [5.41, 5.74) is 11.2. The minimum absolute atomic E-state index is 0.0298. The number of rotatable bonds is 6. The molecule has 88 valence electrons. The van der Waals surface area contributed by atoms with Crippen molar-refractivity contribution in [2.45, 2.75) is 19.1 Å². The summed E-state index contributed by atoms with van der Waals surface area (Å²) in [6.07, 6.45) is 0.374. The fourth-order valence-electron chi connectivity index (χ4n) is 1.18. The van der Waals surface area contributed by atoms with Crippen molar-refractivity contribution in [1.82, 2.24) is 0 Å². The fraction of sp³-hybridized carbons (Fsp3) is 0.364. The molecule has 1 aromatic carbocycles. The number of hydrogen-bond donors (Lipinski definition) is 3. The number of nitrogens with two attached hydrogens (primary N) is 2. The number of hydrogen-bond acceptors (Lipinski definition) is 4. The van der Waals surface area contributed by atoms with Gasteiger partial charge in [0, 0.05) is 6.42 Å². The monoisotopic (exact) mass is 224 g/mol. The molecule has 0 spiro atoms. The molecular formula is C11H16N2O3. The molecule has 5 heteroatoms. The molecule has 0 aromatic heterocycles. The number of aliphatic hydroxyl groups excluding tert-OH is 1. The van der Waals surface area contributed by atoms with Crippen LogP contribution < -0.4 is 16.2 Å². The third-order valence-corrected chi connectivity index (χ3v) is 2.14. The van der Waals surface area contributed by atoms with Crippen LogP contribution in [0.3, 0.4) is 0 Å². The molecule has 1 rings (SSSR count). The average molecular weight is 224 g/mol. The Hall–Kier alpha value is -1.59. The first-order chi connectivity index (χ1) is 7.63. The van der Waals surface area contributed by atoms with Crippen molar-refractivity contribution in [2.24, 2.45) is 11.5 Å². The van der Waals surface area contributed by atoms with E-state index in [0.29, 0.717) is 18.8 Å². The largest absolute Gasteiger partial charge is 0.494 e. The number of amides is 1. The lowest BCUT2D eigenvalue weighted by Crippen LogP contribution is -2.37. The van der Waals surface area contributed by atoms with Crippen LogP contribution in [0.25, 0.3) is 0 Å². The van der Waals surface area contributed by atoms with Crippen molar-refractivity contribution in [3.8, 4) is 5.75 Å². The van der Waals surface area contributed by atoms with Crippen molar-refractivity contribution in [1.29, 1.82) is 0 Å². The van der Waals surface area contributed by atoms with Gasteiger partial charge in [-0.15, -0.1) is 0 Å². The SMILES string of the molecule is NC(=O)C(N)CCOc1cccc(CO)c1. The average Bonchev–Trinajstić information content (AvgIpc) is 2.29. The van der Waals surface area contributed by atoms with E-state index in [1.165, 1.54) is 0 Å². The minimum atomic E-state index is -0.680. The molecular weight excluding hydrogens is 208 g/mol. The molecule has 1 unspecified atom stereocenters. The number of carbonyl (C=O) groups is 1. The van der Waals surface area contributed by atoms with E-state index in [9.17, 15) is 4.79 Å². The van der Waals surface area contributed by atoms with Crippen molar-refractivity contribution in [3.63, 3.8) is 0 Å². The number of ether oxygens (including phenoxy) is 1. The van der Waals surface area contributed by atoms with Gasteiger partial charge in [0.15, 0.2) is 0 Å². The zero-order valence-corrected chi connectivity index (χ0v) is 8.93. The van der Waals surface area contributed by atoms with Crippen molar-refractivity contribution < 1.29 is 14.6 Å². The van der Waals surface area contributed by atoms with Gasteiger partial charge in [0.2, 0.25) is 5.91 Å². The van der Waals surface area contributed by atoms with Gasteiger partial charge in [-0.1, -0.05) is 12.1 Å². The van der Waals surface area contributed by atoms with Crippen molar-refractivity contribution in [3.05, 3.63) is 29.8 Å². The Balaban J connectivity index is 2.39. The smallest absolute Gasteiger partial charge is 0.234 e. The van der Waals surface area contributed by atoms with Gasteiger partial charge in [-0.2, -0.15) is 0 Å². The van der Waals surface area contributed by atoms with Crippen LogP contribution in [-0.4, -0.2) is 23.7 Å². The molecule has 5 N–H and O–H groups in total. The summed E-state index contributed by atoms with van der Waals surface area (Å²) in [6, 6.07) is 6.41. The normalized spacial score (nSPS) is 12.1. The molecule has 16 heavy (non-hydrogen) atoms. The maximum Gasteiger partial charge on any atom is 0.234 e. The van der Waals surface area contributed by atoms with Gasteiger partial charge in [0.05, 0.1) is 19.3 Å². The van der Waals surface area contributed by atoms with Crippen molar-refractivity contribution in [2.75, 3.05) is 6.61 Å². The Morgan fingerprint density at radius 1 is 1.50 bits per heavy atom. The summed E-state index contributed by atoms with van der Waals surface area (Å²) >= 11 is 0. The maximum absolute atomic E-state index is 10.7. The van der Waals surface area contributed by atoms with Crippen LogP contribution in [0.4, 0.5) is 0 Å². The molecule has 0 radical (unpaired) electrons. The lowest BCUT2D eigenvalue weighted by atomic mass is 10.2. The Kier molecular flexibility index (Phi) is 4.75. The van der Waals surface area contributed by atoms with E-state index in [4.69, 9.17) is 21.3 Å². The lowest BCUT2D eigenvalue weighted by molar-refractivity contribution is -0.119. The highest BCUT2D eigenvalue weighted by Gasteiger charge is 2.08. The van der Waals surface area contributed by atoms with Gasteiger partial charge < -0.3 is 21.3 Å².